The van der Waals surface area contributed by atoms with Gasteiger partial charge in [-0.1, -0.05) is 6.92 Å². The Morgan fingerprint density at radius 2 is 2.17 bits per heavy atom. The van der Waals surface area contributed by atoms with Crippen LogP contribution in [0.3, 0.4) is 0 Å². The molecule has 1 amide bonds. The number of hydrogen-bond acceptors (Lipinski definition) is 4. The van der Waals surface area contributed by atoms with Gasteiger partial charge < -0.3 is 10.1 Å². The third-order valence-corrected chi connectivity index (χ3v) is 1.69. The van der Waals surface area contributed by atoms with Crippen molar-refractivity contribution in [2.45, 2.75) is 19.4 Å². The quantitative estimate of drug-likeness (QED) is 0.485. The lowest BCUT2D eigenvalue weighted by Crippen LogP contribution is -2.42. The number of ether oxygens (including phenoxy) is 1. The summed E-state index contributed by atoms with van der Waals surface area (Å²) in [7, 11) is 1.27. The molecular formula is C7H13NO3S. The smallest absolute Gasteiger partial charge is 0.329 e. The van der Waals surface area contributed by atoms with Crippen LogP contribution in [-0.2, 0) is 14.3 Å². The van der Waals surface area contributed by atoms with Crippen molar-refractivity contribution in [2.24, 2.45) is 0 Å². The first-order valence-corrected chi connectivity index (χ1v) is 4.27. The van der Waals surface area contributed by atoms with Crippen LogP contribution in [0.2, 0.25) is 0 Å². The summed E-state index contributed by atoms with van der Waals surface area (Å²) < 4.78 is 4.45. The molecule has 1 N–H and O–H groups in total. The Labute approximate surface area is 77.1 Å². The minimum Gasteiger partial charge on any atom is -0.467 e. The van der Waals surface area contributed by atoms with Crippen LogP contribution < -0.4 is 5.32 Å². The number of esters is 1. The molecule has 0 aliphatic rings. The van der Waals surface area contributed by atoms with Crippen molar-refractivity contribution in [3.05, 3.63) is 0 Å². The Morgan fingerprint density at radius 3 is 2.50 bits per heavy atom. The van der Waals surface area contributed by atoms with Gasteiger partial charge in [0.15, 0.2) is 0 Å². The van der Waals surface area contributed by atoms with Gasteiger partial charge in [-0.25, -0.2) is 4.79 Å². The van der Waals surface area contributed by atoms with E-state index in [0.29, 0.717) is 6.42 Å². The van der Waals surface area contributed by atoms with Gasteiger partial charge in [0.1, 0.15) is 6.04 Å². The fourth-order valence-corrected chi connectivity index (χ4v) is 0.858. The predicted molar refractivity (Wildman–Crippen MR) is 48.1 cm³/mol. The number of carbonyl (C=O) groups is 2. The monoisotopic (exact) mass is 191 g/mol. The summed E-state index contributed by atoms with van der Waals surface area (Å²) in [5.74, 6) is -0.399. The van der Waals surface area contributed by atoms with Crippen LogP contribution in [0.5, 0.6) is 0 Å². The topological polar surface area (TPSA) is 55.4 Å². The van der Waals surface area contributed by atoms with Crippen molar-refractivity contribution in [3.63, 3.8) is 0 Å². The standard InChI is InChI=1S/C7H13NO3S/c1-3-6(9)8-5(4-12)7(10)11-2/h5,12H,3-4H2,1-2H3,(H,8,9). The van der Waals surface area contributed by atoms with Crippen molar-refractivity contribution in [2.75, 3.05) is 12.9 Å². The Bertz CT molecular complexity index is 172. The lowest BCUT2D eigenvalue weighted by atomic mass is 10.3. The van der Waals surface area contributed by atoms with E-state index in [4.69, 9.17) is 0 Å². The van der Waals surface area contributed by atoms with Crippen LogP contribution in [0, 0.1) is 0 Å². The molecule has 5 heteroatoms. The van der Waals surface area contributed by atoms with E-state index >= 15 is 0 Å². The van der Waals surface area contributed by atoms with Gasteiger partial charge in [0.25, 0.3) is 0 Å². The molecule has 0 fully saturated rings. The minimum absolute atomic E-state index is 0.181. The minimum atomic E-state index is -0.634. The summed E-state index contributed by atoms with van der Waals surface area (Å²) in [5.41, 5.74) is 0. The lowest BCUT2D eigenvalue weighted by Gasteiger charge is -2.12. The average Bonchev–Trinajstić information content (AvgIpc) is 2.12. The van der Waals surface area contributed by atoms with E-state index in [9.17, 15) is 9.59 Å². The summed E-state index contributed by atoms with van der Waals surface area (Å²) >= 11 is 3.91. The molecule has 0 aromatic carbocycles. The predicted octanol–water partition coefficient (Wildman–Crippen LogP) is -0.0160. The average molecular weight is 191 g/mol. The van der Waals surface area contributed by atoms with Gasteiger partial charge in [-0.2, -0.15) is 12.6 Å². The van der Waals surface area contributed by atoms with Crippen molar-refractivity contribution < 1.29 is 14.3 Å². The van der Waals surface area contributed by atoms with Crippen molar-refractivity contribution in [3.8, 4) is 0 Å². The van der Waals surface area contributed by atoms with Gasteiger partial charge in [0.2, 0.25) is 5.91 Å². The third-order valence-electron chi connectivity index (χ3n) is 1.32. The van der Waals surface area contributed by atoms with Crippen LogP contribution in [0.4, 0.5) is 0 Å². The molecule has 0 rings (SSSR count). The first kappa shape index (κ1) is 11.3. The number of rotatable bonds is 4. The fraction of sp³-hybridized carbons (Fsp3) is 0.714. The van der Waals surface area contributed by atoms with E-state index in [0.717, 1.165) is 0 Å². The molecule has 0 aromatic heterocycles. The molecule has 12 heavy (non-hydrogen) atoms. The number of amides is 1. The molecule has 0 aromatic rings. The largest absolute Gasteiger partial charge is 0.467 e. The zero-order valence-corrected chi connectivity index (χ0v) is 8.06. The third kappa shape index (κ3) is 3.61. The van der Waals surface area contributed by atoms with Crippen molar-refractivity contribution in [1.29, 1.82) is 0 Å². The van der Waals surface area contributed by atoms with E-state index < -0.39 is 12.0 Å². The fourth-order valence-electron chi connectivity index (χ4n) is 0.618. The van der Waals surface area contributed by atoms with Crippen molar-refractivity contribution >= 4 is 24.5 Å². The first-order chi connectivity index (χ1) is 5.65. The second-order valence-electron chi connectivity index (χ2n) is 2.18. The molecule has 0 spiro atoms. The summed E-state index contributed by atoms with van der Waals surface area (Å²) in [4.78, 5) is 21.8. The highest BCUT2D eigenvalue weighted by atomic mass is 32.1. The normalized spacial score (nSPS) is 11.9. The molecule has 70 valence electrons. The molecule has 0 aliphatic heterocycles. The molecule has 0 saturated carbocycles. The van der Waals surface area contributed by atoms with Gasteiger partial charge in [-0.3, -0.25) is 4.79 Å². The maximum absolute atomic E-state index is 10.9. The van der Waals surface area contributed by atoms with Crippen molar-refractivity contribution in [1.82, 2.24) is 5.32 Å². The van der Waals surface area contributed by atoms with Crippen LogP contribution in [0.25, 0.3) is 0 Å². The van der Waals surface area contributed by atoms with E-state index in [1.165, 1.54) is 7.11 Å². The van der Waals surface area contributed by atoms with Crippen LogP contribution >= 0.6 is 12.6 Å². The van der Waals surface area contributed by atoms with Crippen LogP contribution in [0.15, 0.2) is 0 Å². The van der Waals surface area contributed by atoms with E-state index in [1.807, 2.05) is 0 Å². The second-order valence-corrected chi connectivity index (χ2v) is 2.54. The summed E-state index contributed by atoms with van der Waals surface area (Å²) in [6.07, 6.45) is 0.348. The maximum atomic E-state index is 10.9. The molecule has 0 bridgehead atoms. The molecular weight excluding hydrogens is 178 g/mol. The Hall–Kier alpha value is -0.710. The number of hydrogen-bond donors (Lipinski definition) is 2. The summed E-state index contributed by atoms with van der Waals surface area (Å²) in [6, 6.07) is -0.634. The maximum Gasteiger partial charge on any atom is 0.329 e. The number of carbonyl (C=O) groups excluding carboxylic acids is 2. The highest BCUT2D eigenvalue weighted by Gasteiger charge is 2.18. The second kappa shape index (κ2) is 5.88. The van der Waals surface area contributed by atoms with Crippen LogP contribution in [-0.4, -0.2) is 30.8 Å². The molecule has 1 unspecified atom stereocenters. The van der Waals surface area contributed by atoms with E-state index in [2.05, 4.69) is 22.7 Å². The van der Waals surface area contributed by atoms with E-state index in [1.54, 1.807) is 6.92 Å². The molecule has 1 atom stereocenters. The zero-order valence-electron chi connectivity index (χ0n) is 7.16. The highest BCUT2D eigenvalue weighted by molar-refractivity contribution is 7.80. The van der Waals surface area contributed by atoms with Gasteiger partial charge in [-0.15, -0.1) is 0 Å². The Kier molecular flexibility index (Phi) is 5.53. The highest BCUT2D eigenvalue weighted by Crippen LogP contribution is 1.92. The summed E-state index contributed by atoms with van der Waals surface area (Å²) in [5, 5.41) is 2.48. The number of nitrogens with one attached hydrogen (secondary N) is 1. The Morgan fingerprint density at radius 1 is 1.58 bits per heavy atom. The first-order valence-electron chi connectivity index (χ1n) is 3.63. The zero-order chi connectivity index (χ0) is 9.56. The van der Waals surface area contributed by atoms with E-state index in [-0.39, 0.29) is 11.7 Å². The van der Waals surface area contributed by atoms with Crippen LogP contribution in [0.1, 0.15) is 13.3 Å². The Balaban J connectivity index is 3.99. The number of thiol groups is 1. The molecule has 0 aliphatic carbocycles. The van der Waals surface area contributed by atoms with Gasteiger partial charge in [0, 0.05) is 12.2 Å². The summed E-state index contributed by atoms with van der Waals surface area (Å²) in [6.45, 7) is 1.71. The SMILES string of the molecule is CCC(=O)NC(CS)C(=O)OC. The molecule has 0 saturated heterocycles. The van der Waals surface area contributed by atoms with Gasteiger partial charge in [-0.05, 0) is 0 Å². The van der Waals surface area contributed by atoms with Gasteiger partial charge >= 0.3 is 5.97 Å². The lowest BCUT2D eigenvalue weighted by molar-refractivity contribution is -0.144. The van der Waals surface area contributed by atoms with Gasteiger partial charge in [0.05, 0.1) is 7.11 Å². The molecule has 0 heterocycles. The molecule has 0 radical (unpaired) electrons. The number of methoxy groups -OCH3 is 1. The molecule has 4 nitrogen and oxygen atoms in total.